The minimum Gasteiger partial charge on any atom is -0.495 e. The maximum absolute atomic E-state index is 14.7. The van der Waals surface area contributed by atoms with Gasteiger partial charge in [0.1, 0.15) is 34.3 Å². The molecular formula is C20H25FN6O2. The Morgan fingerprint density at radius 3 is 2.90 bits per heavy atom. The molecule has 1 fully saturated rings. The van der Waals surface area contributed by atoms with E-state index in [4.69, 9.17) is 4.74 Å². The van der Waals surface area contributed by atoms with Crippen LogP contribution in [0.5, 0.6) is 5.75 Å². The van der Waals surface area contributed by atoms with Gasteiger partial charge in [-0.2, -0.15) is 5.10 Å². The normalized spacial score (nSPS) is 17.5. The molecule has 1 atom stereocenters. The number of ether oxygens (including phenoxy) is 1. The molecular weight excluding hydrogens is 375 g/mol. The third kappa shape index (κ3) is 3.88. The predicted molar refractivity (Wildman–Crippen MR) is 107 cm³/mol. The first-order valence-corrected chi connectivity index (χ1v) is 9.66. The molecule has 3 aromatic rings. The summed E-state index contributed by atoms with van der Waals surface area (Å²) in [6.07, 6.45) is 3.64. The number of rotatable bonds is 5. The molecule has 3 aromatic heterocycles. The third-order valence-corrected chi connectivity index (χ3v) is 4.99. The lowest BCUT2D eigenvalue weighted by atomic mass is 10.0. The topological polar surface area (TPSA) is 96.6 Å². The van der Waals surface area contributed by atoms with E-state index >= 15 is 0 Å². The molecule has 0 spiro atoms. The number of pyridine rings is 1. The van der Waals surface area contributed by atoms with E-state index in [0.29, 0.717) is 28.6 Å². The van der Waals surface area contributed by atoms with Crippen LogP contribution in [0.2, 0.25) is 0 Å². The van der Waals surface area contributed by atoms with Crippen molar-refractivity contribution in [3.8, 4) is 17.1 Å². The van der Waals surface area contributed by atoms with Crippen molar-refractivity contribution in [2.24, 2.45) is 0 Å². The summed E-state index contributed by atoms with van der Waals surface area (Å²) < 4.78 is 21.5. The zero-order chi connectivity index (χ0) is 20.6. The number of fused-ring (bicyclic) bond motifs is 1. The fourth-order valence-electron chi connectivity index (χ4n) is 3.53. The average molecular weight is 400 g/mol. The second-order valence-corrected chi connectivity index (χ2v) is 7.75. The summed E-state index contributed by atoms with van der Waals surface area (Å²) in [7, 11) is 1.50. The second kappa shape index (κ2) is 7.57. The monoisotopic (exact) mass is 400 g/mol. The molecule has 154 valence electrons. The maximum Gasteiger partial charge on any atom is 0.157 e. The van der Waals surface area contributed by atoms with Crippen LogP contribution >= 0.6 is 0 Å². The number of methoxy groups -OCH3 is 1. The Hall–Kier alpha value is -2.78. The molecule has 29 heavy (non-hydrogen) atoms. The van der Waals surface area contributed by atoms with Crippen molar-refractivity contribution in [3.05, 3.63) is 35.9 Å². The summed E-state index contributed by atoms with van der Waals surface area (Å²) >= 11 is 0. The predicted octanol–water partition coefficient (Wildman–Crippen LogP) is 2.33. The standard InChI is InChI=1S/C20H25FN6O2/c1-20(2,28)19-15(29-3)9-17-23-11-14(27(17)26-19)18-13(21)6-7-16(25-18)24-12-5-4-8-22-10-12/h6-7,9,11-12,22,28H,4-5,8,10H2,1-3H3,(H,24,25)/t12-/m1/s1. The van der Waals surface area contributed by atoms with Crippen molar-refractivity contribution in [1.82, 2.24) is 24.9 Å². The first-order valence-electron chi connectivity index (χ1n) is 9.66. The Kier molecular flexibility index (Phi) is 5.10. The Morgan fingerprint density at radius 1 is 1.38 bits per heavy atom. The Bertz CT molecular complexity index is 1020. The number of halogens is 1. The highest BCUT2D eigenvalue weighted by Crippen LogP contribution is 2.31. The molecule has 0 bridgehead atoms. The van der Waals surface area contributed by atoms with Crippen molar-refractivity contribution in [3.63, 3.8) is 0 Å². The first kappa shape index (κ1) is 19.5. The Labute approximate surface area is 168 Å². The molecule has 0 amide bonds. The van der Waals surface area contributed by atoms with E-state index < -0.39 is 11.4 Å². The number of nitrogens with one attached hydrogen (secondary N) is 2. The number of imidazole rings is 1. The van der Waals surface area contributed by atoms with Crippen LogP contribution in [0.15, 0.2) is 24.4 Å². The van der Waals surface area contributed by atoms with Crippen molar-refractivity contribution in [1.29, 1.82) is 0 Å². The van der Waals surface area contributed by atoms with Gasteiger partial charge in [0.25, 0.3) is 0 Å². The third-order valence-electron chi connectivity index (χ3n) is 4.99. The van der Waals surface area contributed by atoms with Gasteiger partial charge >= 0.3 is 0 Å². The molecule has 9 heteroatoms. The summed E-state index contributed by atoms with van der Waals surface area (Å²) in [5.74, 6) is 0.540. The quantitative estimate of drug-likeness (QED) is 0.605. The number of aliphatic hydroxyl groups is 1. The van der Waals surface area contributed by atoms with Crippen molar-refractivity contribution in [2.75, 3.05) is 25.5 Å². The molecule has 0 aliphatic carbocycles. The summed E-state index contributed by atoms with van der Waals surface area (Å²) in [4.78, 5) is 8.80. The molecule has 0 radical (unpaired) electrons. The van der Waals surface area contributed by atoms with Gasteiger partial charge in [0.15, 0.2) is 11.5 Å². The van der Waals surface area contributed by atoms with Crippen molar-refractivity contribution >= 4 is 11.5 Å². The summed E-state index contributed by atoms with van der Waals surface area (Å²) in [6, 6.07) is 4.94. The molecule has 0 saturated carbocycles. The first-order chi connectivity index (χ1) is 13.9. The molecule has 1 aliphatic rings. The molecule has 1 saturated heterocycles. The summed E-state index contributed by atoms with van der Waals surface area (Å²) in [5, 5.41) is 21.6. The fraction of sp³-hybridized carbons (Fsp3) is 0.450. The number of hydrogen-bond acceptors (Lipinski definition) is 7. The Morgan fingerprint density at radius 2 is 2.21 bits per heavy atom. The van der Waals surface area contributed by atoms with Gasteiger partial charge in [0.05, 0.1) is 13.3 Å². The van der Waals surface area contributed by atoms with E-state index in [2.05, 4.69) is 25.7 Å². The van der Waals surface area contributed by atoms with Crippen molar-refractivity contribution in [2.45, 2.75) is 38.3 Å². The van der Waals surface area contributed by atoms with Gasteiger partial charge in [-0.15, -0.1) is 0 Å². The number of hydrogen-bond donors (Lipinski definition) is 3. The van der Waals surface area contributed by atoms with Crippen LogP contribution in [0.3, 0.4) is 0 Å². The second-order valence-electron chi connectivity index (χ2n) is 7.75. The van der Waals surface area contributed by atoms with Gasteiger partial charge in [-0.25, -0.2) is 18.9 Å². The number of aromatic nitrogens is 4. The maximum atomic E-state index is 14.7. The van der Waals surface area contributed by atoms with Crippen LogP contribution in [-0.2, 0) is 5.60 Å². The van der Waals surface area contributed by atoms with Gasteiger partial charge in [-0.3, -0.25) is 0 Å². The van der Waals surface area contributed by atoms with Gasteiger partial charge in [-0.05, 0) is 45.4 Å². The highest BCUT2D eigenvalue weighted by Gasteiger charge is 2.26. The Balaban J connectivity index is 1.76. The number of nitrogens with zero attached hydrogens (tertiary/aromatic N) is 4. The van der Waals surface area contributed by atoms with Crippen LogP contribution in [0, 0.1) is 5.82 Å². The molecule has 4 heterocycles. The van der Waals surface area contributed by atoms with E-state index in [1.165, 1.54) is 23.9 Å². The fourth-order valence-corrected chi connectivity index (χ4v) is 3.53. The zero-order valence-electron chi connectivity index (χ0n) is 16.7. The van der Waals surface area contributed by atoms with Crippen LogP contribution in [-0.4, -0.2) is 50.9 Å². The van der Waals surface area contributed by atoms with Crippen LogP contribution in [0.1, 0.15) is 32.4 Å². The number of anilines is 1. The van der Waals surface area contributed by atoms with Gasteiger partial charge < -0.3 is 20.5 Å². The average Bonchev–Trinajstić information content (AvgIpc) is 3.11. The highest BCUT2D eigenvalue weighted by molar-refractivity contribution is 5.63. The number of piperidine rings is 1. The smallest absolute Gasteiger partial charge is 0.157 e. The largest absolute Gasteiger partial charge is 0.495 e. The summed E-state index contributed by atoms with van der Waals surface area (Å²) in [5.41, 5.74) is 0.0991. The lowest BCUT2D eigenvalue weighted by molar-refractivity contribution is 0.0694. The van der Waals surface area contributed by atoms with Crippen LogP contribution in [0.4, 0.5) is 10.2 Å². The molecule has 4 rings (SSSR count). The van der Waals surface area contributed by atoms with Crippen LogP contribution < -0.4 is 15.4 Å². The van der Waals surface area contributed by atoms with E-state index in [1.54, 1.807) is 26.0 Å². The minimum atomic E-state index is -1.25. The van der Waals surface area contributed by atoms with E-state index in [-0.39, 0.29) is 11.7 Å². The van der Waals surface area contributed by atoms with E-state index in [9.17, 15) is 9.50 Å². The summed E-state index contributed by atoms with van der Waals surface area (Å²) in [6.45, 7) is 5.09. The lowest BCUT2D eigenvalue weighted by Crippen LogP contribution is -2.38. The minimum absolute atomic E-state index is 0.144. The molecule has 3 N–H and O–H groups in total. The molecule has 1 aliphatic heterocycles. The molecule has 0 unspecified atom stereocenters. The van der Waals surface area contributed by atoms with Gasteiger partial charge in [0, 0.05) is 18.7 Å². The lowest BCUT2D eigenvalue weighted by Gasteiger charge is -2.24. The molecule has 0 aromatic carbocycles. The van der Waals surface area contributed by atoms with Crippen LogP contribution in [0.25, 0.3) is 17.0 Å². The molecule has 8 nitrogen and oxygen atoms in total. The van der Waals surface area contributed by atoms with E-state index in [0.717, 1.165) is 25.9 Å². The SMILES string of the molecule is COc1cc2ncc(-c3nc(N[C@@H]4CCCNC4)ccc3F)n2nc1C(C)(C)O. The van der Waals surface area contributed by atoms with Gasteiger partial charge in [-0.1, -0.05) is 0 Å². The van der Waals surface area contributed by atoms with Gasteiger partial charge in [0.2, 0.25) is 0 Å². The van der Waals surface area contributed by atoms with E-state index in [1.807, 2.05) is 0 Å². The highest BCUT2D eigenvalue weighted by atomic mass is 19.1. The zero-order valence-corrected chi connectivity index (χ0v) is 16.7. The van der Waals surface area contributed by atoms with Crippen molar-refractivity contribution < 1.29 is 14.2 Å².